The van der Waals surface area contributed by atoms with Crippen LogP contribution < -0.4 is 0 Å². The minimum absolute atomic E-state index is 0.0391. The van der Waals surface area contributed by atoms with Gasteiger partial charge < -0.3 is 4.74 Å². The van der Waals surface area contributed by atoms with Crippen molar-refractivity contribution in [2.75, 3.05) is 0 Å². The molecule has 1 saturated carbocycles. The number of carbonyl (C=O) groups is 1. The van der Waals surface area contributed by atoms with Gasteiger partial charge in [0, 0.05) is 18.3 Å². The number of Topliss-reactive ketones (excluding diaryl/α,β-unsaturated/α-hetero) is 1. The number of ether oxygens (including phenoxy) is 1. The Labute approximate surface area is 171 Å². The summed E-state index contributed by atoms with van der Waals surface area (Å²) in [6.45, 7) is 3.87. The van der Waals surface area contributed by atoms with E-state index in [1.807, 2.05) is 0 Å². The molecule has 3 aliphatic rings. The number of hydrogen-bond donors (Lipinski definition) is 0. The lowest BCUT2D eigenvalue weighted by Crippen LogP contribution is -2.45. The molecule has 4 heteroatoms. The van der Waals surface area contributed by atoms with Gasteiger partial charge in [0.15, 0.2) is 11.9 Å². The number of nitrogens with zero attached hydrogens (tertiary/aromatic N) is 1. The minimum Gasteiger partial charge on any atom is -0.359 e. The van der Waals surface area contributed by atoms with E-state index >= 15 is 0 Å². The van der Waals surface area contributed by atoms with E-state index < -0.39 is 0 Å². The Hall–Kier alpha value is -0.590. The van der Waals surface area contributed by atoms with Crippen molar-refractivity contribution in [3.8, 4) is 6.07 Å². The molecule has 4 atom stereocenters. The molecule has 0 aromatic carbocycles. The number of ketones is 1. The predicted molar refractivity (Wildman–Crippen MR) is 110 cm³/mol. The molecule has 3 rings (SSSR count). The molecule has 0 aromatic rings. The van der Waals surface area contributed by atoms with Gasteiger partial charge in [0.05, 0.1) is 17.6 Å². The van der Waals surface area contributed by atoms with E-state index in [9.17, 15) is 10.1 Å². The Morgan fingerprint density at radius 2 is 1.78 bits per heavy atom. The molecule has 2 bridgehead atoms. The highest BCUT2D eigenvalue weighted by atomic mass is 35.5. The van der Waals surface area contributed by atoms with Gasteiger partial charge in [0.2, 0.25) is 0 Å². The molecule has 2 aliphatic heterocycles. The number of unbranched alkanes of at least 4 members (excludes halogenated alkanes) is 7. The Bertz CT molecular complexity index is 475. The molecule has 3 fully saturated rings. The van der Waals surface area contributed by atoms with Gasteiger partial charge in [0.25, 0.3) is 0 Å². The second-order valence-electron chi connectivity index (χ2n) is 8.31. The van der Waals surface area contributed by atoms with Crippen LogP contribution in [-0.2, 0) is 9.53 Å². The van der Waals surface area contributed by atoms with Crippen LogP contribution in [-0.4, -0.2) is 17.3 Å². The van der Waals surface area contributed by atoms with E-state index in [2.05, 4.69) is 13.0 Å². The van der Waals surface area contributed by atoms with Gasteiger partial charge >= 0.3 is 0 Å². The Morgan fingerprint density at radius 3 is 2.37 bits per heavy atom. The number of alkyl halides is 1. The first kappa shape index (κ1) is 22.7. The molecule has 0 aromatic heterocycles. The summed E-state index contributed by atoms with van der Waals surface area (Å²) in [6.07, 6.45) is 16.4. The maximum atomic E-state index is 12.5. The summed E-state index contributed by atoms with van der Waals surface area (Å²) in [5, 5.41) is 9.42. The highest BCUT2D eigenvalue weighted by Gasteiger charge is 2.45. The standard InChI is InChI=1S/C23H36ClNO2/c1-2-3-4-5-6-7-8-11-18(17-25)12-9-10-13-21(26)23-19-14-15-22(27-23)20(24)16-19/h18-20,22H,1-16H2. The van der Waals surface area contributed by atoms with Crippen molar-refractivity contribution in [2.24, 2.45) is 11.8 Å². The van der Waals surface area contributed by atoms with Crippen LogP contribution in [0.5, 0.6) is 0 Å². The second-order valence-corrected chi connectivity index (χ2v) is 8.87. The van der Waals surface area contributed by atoms with Gasteiger partial charge in [-0.3, -0.25) is 4.79 Å². The highest BCUT2D eigenvalue weighted by molar-refractivity contribution is 6.21. The van der Waals surface area contributed by atoms with Crippen LogP contribution in [0.15, 0.2) is 0 Å². The zero-order chi connectivity index (χ0) is 19.5. The molecular weight excluding hydrogens is 358 g/mol. The van der Waals surface area contributed by atoms with E-state index in [1.54, 1.807) is 0 Å². The third-order valence-electron chi connectivity index (χ3n) is 6.08. The first-order valence-electron chi connectivity index (χ1n) is 11.0. The van der Waals surface area contributed by atoms with Crippen LogP contribution >= 0.6 is 11.6 Å². The molecule has 3 nitrogen and oxygen atoms in total. The molecular formula is C23H36ClNO2. The van der Waals surface area contributed by atoms with Crippen molar-refractivity contribution in [1.29, 1.82) is 5.26 Å². The first-order chi connectivity index (χ1) is 13.2. The maximum Gasteiger partial charge on any atom is 0.168 e. The SMILES string of the molecule is [CH2]CCCCCCCCC(C#N)CCCCC(=O)[C]1OC2CCC1CC2Cl. The maximum absolute atomic E-state index is 12.5. The number of nitriles is 1. The topological polar surface area (TPSA) is 50.1 Å². The second kappa shape index (κ2) is 12.8. The lowest BCUT2D eigenvalue weighted by atomic mass is 9.78. The molecule has 2 heterocycles. The molecule has 4 unspecified atom stereocenters. The van der Waals surface area contributed by atoms with E-state index in [-0.39, 0.29) is 29.1 Å². The minimum atomic E-state index is 0.0391. The molecule has 0 spiro atoms. The molecule has 1 aliphatic carbocycles. The summed E-state index contributed by atoms with van der Waals surface area (Å²) in [4.78, 5) is 12.5. The molecule has 0 N–H and O–H groups in total. The largest absolute Gasteiger partial charge is 0.359 e. The fourth-order valence-corrected chi connectivity index (χ4v) is 4.75. The van der Waals surface area contributed by atoms with Crippen LogP contribution in [0.3, 0.4) is 0 Å². The van der Waals surface area contributed by atoms with E-state index in [4.69, 9.17) is 16.3 Å². The smallest absolute Gasteiger partial charge is 0.168 e. The first-order valence-corrected chi connectivity index (χ1v) is 11.5. The average molecular weight is 394 g/mol. The summed E-state index contributed by atoms with van der Waals surface area (Å²) in [5.74, 6) is 0.557. The van der Waals surface area contributed by atoms with Gasteiger partial charge in [-0.25, -0.2) is 0 Å². The highest BCUT2D eigenvalue weighted by Crippen LogP contribution is 2.44. The quantitative estimate of drug-likeness (QED) is 0.248. The molecule has 0 amide bonds. The van der Waals surface area contributed by atoms with Crippen LogP contribution in [0.2, 0.25) is 0 Å². The summed E-state index contributed by atoms with van der Waals surface area (Å²) >= 11 is 6.26. The van der Waals surface area contributed by atoms with Crippen molar-refractivity contribution < 1.29 is 9.53 Å². The van der Waals surface area contributed by atoms with Crippen molar-refractivity contribution in [1.82, 2.24) is 0 Å². The molecule has 152 valence electrons. The Morgan fingerprint density at radius 1 is 1.11 bits per heavy atom. The summed E-state index contributed by atoms with van der Waals surface area (Å²) in [5.41, 5.74) is 0. The van der Waals surface area contributed by atoms with Crippen LogP contribution in [0.1, 0.15) is 96.3 Å². The number of rotatable bonds is 14. The number of halogens is 1. The fourth-order valence-electron chi connectivity index (χ4n) is 4.36. The predicted octanol–water partition coefficient (Wildman–Crippen LogP) is 6.55. The fraction of sp³-hybridized carbons (Fsp3) is 0.826. The van der Waals surface area contributed by atoms with E-state index in [0.717, 1.165) is 57.8 Å². The van der Waals surface area contributed by atoms with Gasteiger partial charge in [-0.15, -0.1) is 11.6 Å². The number of carbonyl (C=O) groups excluding carboxylic acids is 1. The van der Waals surface area contributed by atoms with E-state index in [0.29, 0.717) is 12.5 Å². The van der Waals surface area contributed by atoms with Gasteiger partial charge in [-0.05, 0) is 38.5 Å². The average Bonchev–Trinajstić information content (AvgIpc) is 2.69. The summed E-state index contributed by atoms with van der Waals surface area (Å²) < 4.78 is 5.84. The van der Waals surface area contributed by atoms with Gasteiger partial charge in [-0.1, -0.05) is 58.3 Å². The molecule has 2 radical (unpaired) electrons. The normalized spacial score (nSPS) is 26.0. The van der Waals surface area contributed by atoms with Crippen molar-refractivity contribution in [3.05, 3.63) is 13.0 Å². The van der Waals surface area contributed by atoms with Gasteiger partial charge in [-0.2, -0.15) is 5.26 Å². The van der Waals surface area contributed by atoms with Crippen molar-refractivity contribution in [2.45, 2.75) is 108 Å². The third-order valence-corrected chi connectivity index (χ3v) is 6.54. The molecule has 2 saturated heterocycles. The van der Waals surface area contributed by atoms with E-state index in [1.165, 1.54) is 32.1 Å². The zero-order valence-corrected chi connectivity index (χ0v) is 17.5. The molecule has 27 heavy (non-hydrogen) atoms. The number of hydrogen-bond acceptors (Lipinski definition) is 3. The Kier molecular flexibility index (Phi) is 10.7. The summed E-state index contributed by atoms with van der Waals surface area (Å²) in [7, 11) is 0. The Balaban J connectivity index is 1.52. The summed E-state index contributed by atoms with van der Waals surface area (Å²) in [6, 6.07) is 2.45. The lowest BCUT2D eigenvalue weighted by molar-refractivity contribution is -0.134. The lowest BCUT2D eigenvalue weighted by Gasteiger charge is -2.43. The van der Waals surface area contributed by atoms with Gasteiger partial charge in [0.1, 0.15) is 0 Å². The number of fused-ring (bicyclic) bond motifs is 3. The third kappa shape index (κ3) is 7.74. The van der Waals surface area contributed by atoms with Crippen LogP contribution in [0, 0.1) is 36.2 Å². The zero-order valence-electron chi connectivity index (χ0n) is 16.8. The van der Waals surface area contributed by atoms with Crippen molar-refractivity contribution >= 4 is 17.4 Å². The van der Waals surface area contributed by atoms with Crippen LogP contribution in [0.25, 0.3) is 0 Å². The monoisotopic (exact) mass is 393 g/mol. The van der Waals surface area contributed by atoms with Crippen molar-refractivity contribution in [3.63, 3.8) is 0 Å². The van der Waals surface area contributed by atoms with Crippen LogP contribution in [0.4, 0.5) is 0 Å².